The number of nitrogens with one attached hydrogen (secondary N) is 1. The van der Waals surface area contributed by atoms with Crippen molar-refractivity contribution in [3.8, 4) is 0 Å². The number of piperidine rings is 1. The average molecular weight is 421 g/mol. The summed E-state index contributed by atoms with van der Waals surface area (Å²) in [6, 6.07) is 6.65. The molecule has 3 rings (SSSR count). The Balaban J connectivity index is 1.82. The Hall–Kier alpha value is -1.40. The van der Waals surface area contributed by atoms with E-state index in [1.165, 1.54) is 16.7 Å². The first-order chi connectivity index (χ1) is 13.3. The monoisotopic (exact) mass is 420 g/mol. The van der Waals surface area contributed by atoms with E-state index in [-0.39, 0.29) is 22.3 Å². The average Bonchev–Trinajstić information content (AvgIpc) is 2.86. The van der Waals surface area contributed by atoms with Gasteiger partial charge in [0.25, 0.3) is 0 Å². The summed E-state index contributed by atoms with van der Waals surface area (Å²) in [5.41, 5.74) is 3.33. The first kappa shape index (κ1) is 22.3. The van der Waals surface area contributed by atoms with Crippen LogP contribution in [0, 0.1) is 12.3 Å². The molecule has 1 N–H and O–H groups in total. The summed E-state index contributed by atoms with van der Waals surface area (Å²) in [6.45, 7) is 15.1. The Morgan fingerprint density at radius 1 is 1.17 bits per heavy atom. The minimum atomic E-state index is -1.15. The summed E-state index contributed by atoms with van der Waals surface area (Å²) in [4.78, 5) is 14.3. The predicted molar refractivity (Wildman–Crippen MR) is 118 cm³/mol. The van der Waals surface area contributed by atoms with Crippen LogP contribution in [-0.4, -0.2) is 38.6 Å². The normalized spacial score (nSPS) is 22.4. The first-order valence-corrected chi connectivity index (χ1v) is 11.7. The van der Waals surface area contributed by atoms with E-state index in [0.29, 0.717) is 13.1 Å². The summed E-state index contributed by atoms with van der Waals surface area (Å²) in [5.74, 6) is 0. The quantitative estimate of drug-likeness (QED) is 0.757. The lowest BCUT2D eigenvalue weighted by atomic mass is 9.73. The maximum absolute atomic E-state index is 13.0. The standard InChI is InChI=1S/C23H36N2O3S/c1-16-8-9-17-15-23(19(18(17)14-16)24-29(27)22(5,6)7)10-12-25(13-11-23)20(26)28-21(2,3)4/h8-9,14,19,24H,10-13,15H2,1-7H3/t19-,29+/m1/s1. The van der Waals surface area contributed by atoms with Crippen LogP contribution in [0.25, 0.3) is 0 Å². The van der Waals surface area contributed by atoms with E-state index < -0.39 is 16.6 Å². The molecule has 2 aliphatic rings. The molecule has 0 unspecified atom stereocenters. The molecule has 1 saturated heterocycles. The van der Waals surface area contributed by atoms with Gasteiger partial charge in [0.15, 0.2) is 0 Å². The maximum atomic E-state index is 13.0. The summed E-state index contributed by atoms with van der Waals surface area (Å²) in [6.07, 6.45) is 2.48. The topological polar surface area (TPSA) is 58.6 Å². The molecule has 5 nitrogen and oxygen atoms in total. The lowest BCUT2D eigenvalue weighted by molar-refractivity contribution is 0.00724. The van der Waals surface area contributed by atoms with Gasteiger partial charge in [0.1, 0.15) is 5.60 Å². The molecule has 1 fully saturated rings. The fraction of sp³-hybridized carbons (Fsp3) is 0.696. The minimum Gasteiger partial charge on any atom is -0.444 e. The second-order valence-corrected chi connectivity index (χ2v) is 12.6. The largest absolute Gasteiger partial charge is 0.444 e. The molecule has 0 aromatic heterocycles. The Bertz CT molecular complexity index is 799. The fourth-order valence-corrected chi connectivity index (χ4v) is 5.30. The van der Waals surface area contributed by atoms with Crippen LogP contribution in [0.4, 0.5) is 4.79 Å². The van der Waals surface area contributed by atoms with Crippen LogP contribution in [0.15, 0.2) is 18.2 Å². The summed E-state index contributed by atoms with van der Waals surface area (Å²) < 4.78 is 21.7. The van der Waals surface area contributed by atoms with Crippen molar-refractivity contribution in [3.05, 3.63) is 34.9 Å². The van der Waals surface area contributed by atoms with E-state index >= 15 is 0 Å². The van der Waals surface area contributed by atoms with Crippen LogP contribution in [0.2, 0.25) is 0 Å². The molecule has 1 aromatic carbocycles. The minimum absolute atomic E-state index is 0.0183. The van der Waals surface area contributed by atoms with Crippen molar-refractivity contribution in [2.24, 2.45) is 5.41 Å². The van der Waals surface area contributed by atoms with Gasteiger partial charge in [-0.25, -0.2) is 13.7 Å². The fourth-order valence-electron chi connectivity index (χ4n) is 4.35. The molecule has 29 heavy (non-hydrogen) atoms. The number of rotatable bonds is 2. The molecule has 1 spiro atoms. The van der Waals surface area contributed by atoms with Crippen molar-refractivity contribution in [1.29, 1.82) is 0 Å². The van der Waals surface area contributed by atoms with Crippen molar-refractivity contribution in [1.82, 2.24) is 9.62 Å². The number of nitrogens with zero attached hydrogens (tertiary/aromatic N) is 1. The molecular weight excluding hydrogens is 384 g/mol. The van der Waals surface area contributed by atoms with Crippen LogP contribution in [0.3, 0.4) is 0 Å². The number of hydrogen-bond donors (Lipinski definition) is 1. The van der Waals surface area contributed by atoms with Gasteiger partial charge in [0, 0.05) is 13.1 Å². The van der Waals surface area contributed by atoms with Crippen molar-refractivity contribution in [2.75, 3.05) is 13.1 Å². The van der Waals surface area contributed by atoms with E-state index in [1.807, 2.05) is 46.4 Å². The van der Waals surface area contributed by atoms with Gasteiger partial charge in [-0.05, 0) is 84.3 Å². The van der Waals surface area contributed by atoms with Crippen LogP contribution >= 0.6 is 0 Å². The molecule has 1 aromatic rings. The molecule has 1 heterocycles. The van der Waals surface area contributed by atoms with Crippen LogP contribution in [0.1, 0.15) is 77.1 Å². The molecule has 0 radical (unpaired) electrons. The van der Waals surface area contributed by atoms with Crippen molar-refractivity contribution >= 4 is 17.1 Å². The SMILES string of the molecule is Cc1ccc2c(c1)[C@@H](N[S@@](=O)C(C)(C)C)C1(CCN(C(=O)OC(C)(C)C)CC1)C2. The smallest absolute Gasteiger partial charge is 0.410 e. The zero-order chi connectivity index (χ0) is 21.6. The lowest BCUT2D eigenvalue weighted by Gasteiger charge is -2.44. The number of likely N-dealkylation sites (tertiary alicyclic amines) is 1. The Morgan fingerprint density at radius 2 is 1.79 bits per heavy atom. The second-order valence-electron chi connectivity index (χ2n) is 10.6. The second kappa shape index (κ2) is 7.69. The van der Waals surface area contributed by atoms with Gasteiger partial charge < -0.3 is 9.64 Å². The third kappa shape index (κ3) is 4.85. The molecule has 0 saturated carbocycles. The molecule has 1 aliphatic heterocycles. The van der Waals surface area contributed by atoms with Gasteiger partial charge in [-0.3, -0.25) is 0 Å². The number of carbonyl (C=O) groups excluding carboxylic acids is 1. The highest BCUT2D eigenvalue weighted by Gasteiger charge is 2.49. The van der Waals surface area contributed by atoms with E-state index in [2.05, 4.69) is 29.8 Å². The van der Waals surface area contributed by atoms with Crippen molar-refractivity contribution in [3.63, 3.8) is 0 Å². The van der Waals surface area contributed by atoms with Crippen molar-refractivity contribution in [2.45, 2.75) is 84.1 Å². The Morgan fingerprint density at radius 3 is 2.34 bits per heavy atom. The molecular formula is C23H36N2O3S. The van der Waals surface area contributed by atoms with Gasteiger partial charge in [-0.15, -0.1) is 0 Å². The van der Waals surface area contributed by atoms with Crippen LogP contribution < -0.4 is 4.72 Å². The van der Waals surface area contributed by atoms with E-state index in [4.69, 9.17) is 4.74 Å². The highest BCUT2D eigenvalue weighted by Crippen LogP contribution is 2.52. The number of carbonyl (C=O) groups is 1. The van der Waals surface area contributed by atoms with E-state index in [0.717, 1.165) is 19.3 Å². The molecule has 0 bridgehead atoms. The third-order valence-corrected chi connectivity index (χ3v) is 7.52. The highest BCUT2D eigenvalue weighted by molar-refractivity contribution is 7.84. The number of hydrogen-bond acceptors (Lipinski definition) is 3. The molecule has 1 amide bonds. The Labute approximate surface area is 178 Å². The lowest BCUT2D eigenvalue weighted by Crippen LogP contribution is -2.49. The first-order valence-electron chi connectivity index (χ1n) is 10.6. The summed E-state index contributed by atoms with van der Waals surface area (Å²) in [5, 5.41) is 0. The van der Waals surface area contributed by atoms with Gasteiger partial charge in [0.05, 0.1) is 21.8 Å². The van der Waals surface area contributed by atoms with Crippen LogP contribution in [0.5, 0.6) is 0 Å². The van der Waals surface area contributed by atoms with E-state index in [9.17, 15) is 9.00 Å². The summed E-state index contributed by atoms with van der Waals surface area (Å²) in [7, 11) is -1.15. The predicted octanol–water partition coefficient (Wildman–Crippen LogP) is 4.66. The molecule has 6 heteroatoms. The number of ether oxygens (including phenoxy) is 1. The van der Waals surface area contributed by atoms with Gasteiger partial charge in [0.2, 0.25) is 0 Å². The summed E-state index contributed by atoms with van der Waals surface area (Å²) >= 11 is 0. The molecule has 162 valence electrons. The van der Waals surface area contributed by atoms with Crippen LogP contribution in [-0.2, 0) is 22.1 Å². The van der Waals surface area contributed by atoms with Gasteiger partial charge in [-0.1, -0.05) is 23.8 Å². The van der Waals surface area contributed by atoms with Crippen molar-refractivity contribution < 1.29 is 13.7 Å². The highest BCUT2D eigenvalue weighted by atomic mass is 32.2. The zero-order valence-electron chi connectivity index (χ0n) is 18.9. The van der Waals surface area contributed by atoms with Gasteiger partial charge >= 0.3 is 6.09 Å². The number of fused-ring (bicyclic) bond motifs is 1. The third-order valence-electron chi connectivity index (χ3n) is 5.96. The number of benzene rings is 1. The molecule has 1 aliphatic carbocycles. The van der Waals surface area contributed by atoms with E-state index in [1.54, 1.807) is 0 Å². The number of amides is 1. The number of aryl methyl sites for hydroxylation is 1. The zero-order valence-corrected chi connectivity index (χ0v) is 19.7. The molecule has 2 atom stereocenters. The Kier molecular flexibility index (Phi) is 5.91. The van der Waals surface area contributed by atoms with Gasteiger partial charge in [-0.2, -0.15) is 0 Å². The maximum Gasteiger partial charge on any atom is 0.410 e.